The minimum atomic E-state index is -0.0787. The van der Waals surface area contributed by atoms with Gasteiger partial charge in [0.15, 0.2) is 0 Å². The van der Waals surface area contributed by atoms with Crippen LogP contribution in [0.2, 0.25) is 0 Å². The van der Waals surface area contributed by atoms with Crippen molar-refractivity contribution in [2.24, 2.45) is 0 Å². The average molecular weight is 439 g/mol. The highest BCUT2D eigenvalue weighted by Gasteiger charge is 2.34. The number of hydrogen-bond donors (Lipinski definition) is 1. The Morgan fingerprint density at radius 2 is 1.81 bits per heavy atom. The van der Waals surface area contributed by atoms with E-state index in [0.717, 1.165) is 29.8 Å². The summed E-state index contributed by atoms with van der Waals surface area (Å²) in [6, 6.07) is 14.1. The lowest BCUT2D eigenvalue weighted by molar-refractivity contribution is -0.117. The van der Waals surface area contributed by atoms with Crippen LogP contribution in [0.1, 0.15) is 73.9 Å². The first kappa shape index (κ1) is 23.4. The van der Waals surface area contributed by atoms with E-state index >= 15 is 0 Å². The zero-order chi connectivity index (χ0) is 22.2. The van der Waals surface area contributed by atoms with E-state index in [9.17, 15) is 9.59 Å². The molecule has 1 N–H and O–H groups in total. The average Bonchev–Trinajstić information content (AvgIpc) is 3.14. The molecule has 3 rings (SSSR count). The van der Waals surface area contributed by atoms with E-state index in [-0.39, 0.29) is 17.2 Å². The lowest BCUT2D eigenvalue weighted by Crippen LogP contribution is -2.28. The second-order valence-corrected chi connectivity index (χ2v) is 9.46. The molecule has 31 heavy (non-hydrogen) atoms. The molecular weight excluding hydrogens is 404 g/mol. The summed E-state index contributed by atoms with van der Waals surface area (Å²) in [5, 5.41) is 2.96. The Balaban J connectivity index is 1.64. The van der Waals surface area contributed by atoms with Gasteiger partial charge < -0.3 is 5.32 Å². The van der Waals surface area contributed by atoms with Gasteiger partial charge in [0.25, 0.3) is 0 Å². The van der Waals surface area contributed by atoms with Crippen LogP contribution in [0.3, 0.4) is 0 Å². The highest BCUT2D eigenvalue weighted by Crippen LogP contribution is 2.42. The monoisotopic (exact) mass is 438 g/mol. The van der Waals surface area contributed by atoms with Crippen molar-refractivity contribution in [1.82, 2.24) is 0 Å². The second-order valence-electron chi connectivity index (χ2n) is 8.39. The fourth-order valence-electron chi connectivity index (χ4n) is 3.88. The summed E-state index contributed by atoms with van der Waals surface area (Å²) in [5.41, 5.74) is 5.16. The van der Waals surface area contributed by atoms with Crippen molar-refractivity contribution in [3.05, 3.63) is 59.2 Å². The van der Waals surface area contributed by atoms with Gasteiger partial charge >= 0.3 is 0 Å². The van der Waals surface area contributed by atoms with Crippen LogP contribution >= 0.6 is 11.8 Å². The van der Waals surface area contributed by atoms with Gasteiger partial charge in [-0.05, 0) is 61.2 Å². The minimum Gasteiger partial charge on any atom is -0.326 e. The Morgan fingerprint density at radius 3 is 2.58 bits per heavy atom. The number of nitrogens with one attached hydrogen (secondary N) is 1. The Bertz CT molecular complexity index is 912. The van der Waals surface area contributed by atoms with Crippen LogP contribution < -0.4 is 10.2 Å². The van der Waals surface area contributed by atoms with E-state index < -0.39 is 0 Å². The molecule has 1 heterocycles. The lowest BCUT2D eigenvalue weighted by Gasteiger charge is -2.25. The zero-order valence-corrected chi connectivity index (χ0v) is 19.8. The number of benzene rings is 2. The minimum absolute atomic E-state index is 0.0637. The first-order chi connectivity index (χ1) is 15.0. The lowest BCUT2D eigenvalue weighted by atomic mass is 10.1. The molecule has 2 aromatic carbocycles. The van der Waals surface area contributed by atoms with Crippen molar-refractivity contribution in [1.29, 1.82) is 0 Å². The van der Waals surface area contributed by atoms with Crippen LogP contribution in [0, 0.1) is 13.8 Å². The normalized spacial score (nSPS) is 16.0. The number of amides is 2. The summed E-state index contributed by atoms with van der Waals surface area (Å²) in [7, 11) is 0. The van der Waals surface area contributed by atoms with Crippen molar-refractivity contribution >= 4 is 35.0 Å². The molecule has 4 nitrogen and oxygen atoms in total. The highest BCUT2D eigenvalue weighted by atomic mass is 32.2. The van der Waals surface area contributed by atoms with Crippen molar-refractivity contribution in [2.45, 2.75) is 71.1 Å². The first-order valence-corrected chi connectivity index (χ1v) is 12.4. The topological polar surface area (TPSA) is 49.4 Å². The maximum absolute atomic E-state index is 12.7. The van der Waals surface area contributed by atoms with E-state index in [4.69, 9.17) is 0 Å². The van der Waals surface area contributed by atoms with Gasteiger partial charge in [-0.1, -0.05) is 57.2 Å². The van der Waals surface area contributed by atoms with Crippen molar-refractivity contribution in [3.8, 4) is 0 Å². The fraction of sp³-hybridized carbons (Fsp3) is 0.462. The van der Waals surface area contributed by atoms with Crippen LogP contribution in [-0.2, 0) is 9.59 Å². The van der Waals surface area contributed by atoms with E-state index in [0.29, 0.717) is 12.2 Å². The van der Waals surface area contributed by atoms with Crippen LogP contribution in [0.4, 0.5) is 11.4 Å². The van der Waals surface area contributed by atoms with E-state index in [1.54, 1.807) is 11.8 Å². The molecule has 1 atom stereocenters. The van der Waals surface area contributed by atoms with Crippen molar-refractivity contribution in [3.63, 3.8) is 0 Å². The maximum Gasteiger partial charge on any atom is 0.238 e. The van der Waals surface area contributed by atoms with Crippen LogP contribution in [0.5, 0.6) is 0 Å². The van der Waals surface area contributed by atoms with Crippen molar-refractivity contribution in [2.75, 3.05) is 16.0 Å². The number of thioether (sulfide) groups is 1. The molecule has 2 amide bonds. The third-order valence-electron chi connectivity index (χ3n) is 5.85. The van der Waals surface area contributed by atoms with Crippen LogP contribution in [0.25, 0.3) is 0 Å². The van der Waals surface area contributed by atoms with E-state index in [1.165, 1.54) is 36.8 Å². The summed E-state index contributed by atoms with van der Waals surface area (Å²) in [6.45, 7) is 6.36. The molecule has 1 fully saturated rings. The van der Waals surface area contributed by atoms with Crippen LogP contribution in [-0.4, -0.2) is 17.6 Å². The predicted octanol–water partition coefficient (Wildman–Crippen LogP) is 6.77. The Labute approximate surface area is 190 Å². The number of aryl methyl sites for hydroxylation is 2. The Kier molecular flexibility index (Phi) is 8.59. The van der Waals surface area contributed by atoms with Gasteiger partial charge in [0.1, 0.15) is 5.37 Å². The number of hydrogen-bond acceptors (Lipinski definition) is 3. The van der Waals surface area contributed by atoms with Gasteiger partial charge in [-0.15, -0.1) is 11.8 Å². The molecule has 1 saturated heterocycles. The Hall–Kier alpha value is -2.27. The van der Waals surface area contributed by atoms with E-state index in [1.807, 2.05) is 35.2 Å². The molecule has 1 aliphatic rings. The molecular formula is C26H34N2O2S. The van der Waals surface area contributed by atoms with Gasteiger partial charge in [-0.25, -0.2) is 0 Å². The summed E-state index contributed by atoms with van der Waals surface area (Å²) in [5.74, 6) is 0.649. The fourth-order valence-corrected chi connectivity index (χ4v) is 5.05. The standard InChI is InChI=1S/C26H34N2O2S/c1-4-5-6-7-8-9-13-24(29)27-22-12-10-11-21(17-22)26-28(25(30)18-31-26)23-15-14-19(2)20(3)16-23/h10-12,14-17,26H,4-9,13,18H2,1-3H3,(H,27,29). The number of anilines is 2. The van der Waals surface area contributed by atoms with Crippen molar-refractivity contribution < 1.29 is 9.59 Å². The number of unbranched alkanes of at least 4 members (excludes halogenated alkanes) is 5. The molecule has 0 saturated carbocycles. The number of carbonyl (C=O) groups excluding carboxylic acids is 2. The quantitative estimate of drug-likeness (QED) is 0.416. The molecule has 0 radical (unpaired) electrons. The molecule has 2 aromatic rings. The van der Waals surface area contributed by atoms with Gasteiger partial charge in [-0.2, -0.15) is 0 Å². The van der Waals surface area contributed by atoms with E-state index in [2.05, 4.69) is 38.2 Å². The van der Waals surface area contributed by atoms with Gasteiger partial charge in [0.05, 0.1) is 5.75 Å². The summed E-state index contributed by atoms with van der Waals surface area (Å²) >= 11 is 1.63. The zero-order valence-electron chi connectivity index (χ0n) is 18.9. The molecule has 0 aromatic heterocycles. The smallest absolute Gasteiger partial charge is 0.238 e. The largest absolute Gasteiger partial charge is 0.326 e. The highest BCUT2D eigenvalue weighted by molar-refractivity contribution is 8.00. The molecule has 1 aliphatic heterocycles. The third kappa shape index (κ3) is 6.36. The SMILES string of the molecule is CCCCCCCCC(=O)Nc1cccc(C2SCC(=O)N2c2ccc(C)c(C)c2)c1. The molecule has 0 spiro atoms. The summed E-state index contributed by atoms with van der Waals surface area (Å²) in [6.07, 6.45) is 7.58. The van der Waals surface area contributed by atoms with Crippen LogP contribution in [0.15, 0.2) is 42.5 Å². The first-order valence-electron chi connectivity index (χ1n) is 11.4. The molecule has 166 valence electrons. The molecule has 0 aliphatic carbocycles. The summed E-state index contributed by atoms with van der Waals surface area (Å²) in [4.78, 5) is 26.9. The summed E-state index contributed by atoms with van der Waals surface area (Å²) < 4.78 is 0. The number of rotatable bonds is 10. The maximum atomic E-state index is 12.7. The number of carbonyl (C=O) groups is 2. The Morgan fingerprint density at radius 1 is 1.03 bits per heavy atom. The number of nitrogens with zero attached hydrogens (tertiary/aromatic N) is 1. The third-order valence-corrected chi connectivity index (χ3v) is 7.06. The molecule has 1 unspecified atom stereocenters. The van der Waals surface area contributed by atoms with Gasteiger partial charge in [-0.3, -0.25) is 14.5 Å². The predicted molar refractivity (Wildman–Crippen MR) is 132 cm³/mol. The molecule has 5 heteroatoms. The molecule has 0 bridgehead atoms. The van der Waals surface area contributed by atoms with Gasteiger partial charge in [0, 0.05) is 17.8 Å². The second kappa shape index (κ2) is 11.4. The van der Waals surface area contributed by atoms with Gasteiger partial charge in [0.2, 0.25) is 11.8 Å².